The summed E-state index contributed by atoms with van der Waals surface area (Å²) in [4.78, 5) is 24.4. The normalized spacial score (nSPS) is 11.0. The van der Waals surface area contributed by atoms with E-state index in [1.807, 2.05) is 0 Å². The van der Waals surface area contributed by atoms with Crippen molar-refractivity contribution in [1.82, 2.24) is 0 Å². The Kier molecular flexibility index (Phi) is 6.26. The summed E-state index contributed by atoms with van der Waals surface area (Å²) in [6, 6.07) is 8.35. The van der Waals surface area contributed by atoms with Crippen molar-refractivity contribution in [2.75, 3.05) is 10.6 Å². The predicted octanol–water partition coefficient (Wildman–Crippen LogP) is 5.84. The smallest absolute Gasteiger partial charge is 0.412 e. The molecule has 0 saturated carbocycles. The van der Waals surface area contributed by atoms with Gasteiger partial charge in [0.1, 0.15) is 11.4 Å². The molecule has 8 heteroatoms. The summed E-state index contributed by atoms with van der Waals surface area (Å²) in [6.45, 7) is 5.15. The first-order chi connectivity index (χ1) is 12.0. The van der Waals surface area contributed by atoms with E-state index in [4.69, 9.17) is 16.3 Å². The molecule has 2 N–H and O–H groups in total. The number of nitrogens with one attached hydrogen (secondary N) is 2. The van der Waals surface area contributed by atoms with Crippen LogP contribution in [0.3, 0.4) is 0 Å². The summed E-state index contributed by atoms with van der Waals surface area (Å²) in [7, 11) is 0. The predicted molar refractivity (Wildman–Crippen MR) is 103 cm³/mol. The molecule has 2 aromatic carbocycles. The van der Waals surface area contributed by atoms with Crippen LogP contribution in [-0.4, -0.2) is 17.6 Å². The van der Waals surface area contributed by atoms with Gasteiger partial charge in [-0.1, -0.05) is 27.5 Å². The fraction of sp³-hybridized carbons (Fsp3) is 0.222. The Bertz CT molecular complexity index is 853. The number of carbonyl (C=O) groups excluding carboxylic acids is 2. The summed E-state index contributed by atoms with van der Waals surface area (Å²) in [5, 5.41) is 5.27. The Hall–Kier alpha value is -2.12. The second-order valence-corrected chi connectivity index (χ2v) is 7.72. The molecule has 5 nitrogen and oxygen atoms in total. The van der Waals surface area contributed by atoms with Gasteiger partial charge in [-0.2, -0.15) is 0 Å². The zero-order chi connectivity index (χ0) is 19.5. The largest absolute Gasteiger partial charge is 0.444 e. The summed E-state index contributed by atoms with van der Waals surface area (Å²) in [5.74, 6) is -1.11. The summed E-state index contributed by atoms with van der Waals surface area (Å²) in [5.41, 5.74) is -0.206. The second kappa shape index (κ2) is 8.05. The maximum Gasteiger partial charge on any atom is 0.412 e. The fourth-order valence-electron chi connectivity index (χ4n) is 2.01. The Balaban J connectivity index is 2.24. The minimum absolute atomic E-state index is 0.0832. The summed E-state index contributed by atoms with van der Waals surface area (Å²) in [6.07, 6.45) is -0.721. The number of amides is 2. The first-order valence-corrected chi connectivity index (χ1v) is 8.78. The van der Waals surface area contributed by atoms with Crippen LogP contribution >= 0.6 is 27.5 Å². The van der Waals surface area contributed by atoms with Gasteiger partial charge in [0.25, 0.3) is 5.91 Å². The number of hydrogen-bond donors (Lipinski definition) is 2. The van der Waals surface area contributed by atoms with Crippen LogP contribution in [0.15, 0.2) is 40.9 Å². The maximum absolute atomic E-state index is 13.6. The first-order valence-electron chi connectivity index (χ1n) is 7.61. The van der Waals surface area contributed by atoms with Crippen LogP contribution in [-0.2, 0) is 4.74 Å². The quantitative estimate of drug-likeness (QED) is 0.626. The van der Waals surface area contributed by atoms with Gasteiger partial charge in [-0.25, -0.2) is 9.18 Å². The lowest BCUT2D eigenvalue weighted by molar-refractivity contribution is 0.0635. The average molecular weight is 444 g/mol. The van der Waals surface area contributed by atoms with Crippen LogP contribution in [0, 0.1) is 5.82 Å². The molecular weight excluding hydrogens is 427 g/mol. The Morgan fingerprint density at radius 1 is 1.08 bits per heavy atom. The highest BCUT2D eigenvalue weighted by Crippen LogP contribution is 2.27. The number of rotatable bonds is 3. The number of benzene rings is 2. The van der Waals surface area contributed by atoms with E-state index in [0.717, 1.165) is 16.6 Å². The van der Waals surface area contributed by atoms with Gasteiger partial charge in [-0.3, -0.25) is 10.1 Å². The third-order valence-electron chi connectivity index (χ3n) is 3.04. The molecule has 0 bridgehead atoms. The lowest BCUT2D eigenvalue weighted by Crippen LogP contribution is -2.27. The minimum Gasteiger partial charge on any atom is -0.444 e. The van der Waals surface area contributed by atoms with Gasteiger partial charge in [0.05, 0.1) is 22.0 Å². The Morgan fingerprint density at radius 3 is 2.38 bits per heavy atom. The number of ether oxygens (including phenoxy) is 1. The molecule has 2 rings (SSSR count). The van der Waals surface area contributed by atoms with E-state index < -0.39 is 23.4 Å². The summed E-state index contributed by atoms with van der Waals surface area (Å²) >= 11 is 9.32. The third-order valence-corrected chi connectivity index (χ3v) is 3.85. The molecule has 26 heavy (non-hydrogen) atoms. The van der Waals surface area contributed by atoms with E-state index in [1.165, 1.54) is 12.1 Å². The van der Waals surface area contributed by atoms with Crippen molar-refractivity contribution in [3.8, 4) is 0 Å². The molecule has 0 aliphatic carbocycles. The van der Waals surface area contributed by atoms with Crippen molar-refractivity contribution in [2.24, 2.45) is 0 Å². The van der Waals surface area contributed by atoms with Crippen molar-refractivity contribution in [3.05, 3.63) is 57.3 Å². The lowest BCUT2D eigenvalue weighted by atomic mass is 10.2. The number of hydrogen-bond acceptors (Lipinski definition) is 3. The minimum atomic E-state index is -0.721. The molecule has 0 heterocycles. The molecule has 0 unspecified atom stereocenters. The van der Waals surface area contributed by atoms with Gasteiger partial charge in [0.2, 0.25) is 0 Å². The highest BCUT2D eigenvalue weighted by atomic mass is 79.9. The highest BCUT2D eigenvalue weighted by molar-refractivity contribution is 9.10. The molecule has 0 aliphatic heterocycles. The zero-order valence-electron chi connectivity index (χ0n) is 14.3. The first kappa shape index (κ1) is 20.2. The molecule has 138 valence electrons. The average Bonchev–Trinajstić information content (AvgIpc) is 2.48. The van der Waals surface area contributed by atoms with Crippen LogP contribution in [0.4, 0.5) is 20.6 Å². The molecule has 0 aromatic heterocycles. The molecule has 2 amide bonds. The second-order valence-electron chi connectivity index (χ2n) is 6.40. The monoisotopic (exact) mass is 442 g/mol. The van der Waals surface area contributed by atoms with Gasteiger partial charge in [-0.15, -0.1) is 0 Å². The summed E-state index contributed by atoms with van der Waals surface area (Å²) < 4.78 is 19.5. The Labute approximate surface area is 164 Å². The van der Waals surface area contributed by atoms with Crippen LogP contribution in [0.5, 0.6) is 0 Å². The highest BCUT2D eigenvalue weighted by Gasteiger charge is 2.19. The number of halogens is 3. The molecular formula is C18H17BrClFN2O3. The van der Waals surface area contributed by atoms with Gasteiger partial charge in [0, 0.05) is 4.47 Å². The molecule has 0 radical (unpaired) electrons. The molecule has 0 saturated heterocycles. The van der Waals surface area contributed by atoms with E-state index in [-0.39, 0.29) is 22.0 Å². The van der Waals surface area contributed by atoms with E-state index in [9.17, 15) is 14.0 Å². The van der Waals surface area contributed by atoms with Crippen LogP contribution in [0.2, 0.25) is 5.02 Å². The molecule has 0 aliphatic rings. The fourth-order valence-corrected chi connectivity index (χ4v) is 2.76. The molecule has 0 spiro atoms. The van der Waals surface area contributed by atoms with E-state index >= 15 is 0 Å². The molecule has 0 atom stereocenters. The topological polar surface area (TPSA) is 67.4 Å². The van der Waals surface area contributed by atoms with Gasteiger partial charge in [0.15, 0.2) is 0 Å². The van der Waals surface area contributed by atoms with Gasteiger partial charge in [-0.05, 0) is 57.2 Å². The Morgan fingerprint density at radius 2 is 1.77 bits per heavy atom. The van der Waals surface area contributed by atoms with E-state index in [2.05, 4.69) is 26.6 Å². The van der Waals surface area contributed by atoms with Crippen molar-refractivity contribution in [2.45, 2.75) is 26.4 Å². The lowest BCUT2D eigenvalue weighted by Gasteiger charge is -2.20. The van der Waals surface area contributed by atoms with Gasteiger partial charge >= 0.3 is 6.09 Å². The van der Waals surface area contributed by atoms with Crippen LogP contribution in [0.1, 0.15) is 31.1 Å². The van der Waals surface area contributed by atoms with Crippen LogP contribution < -0.4 is 10.6 Å². The van der Waals surface area contributed by atoms with Crippen molar-refractivity contribution < 1.29 is 18.7 Å². The number of carbonyl (C=O) groups is 2. The third kappa shape index (κ3) is 5.71. The number of anilines is 2. The standard InChI is InChI=1S/C18H17BrClFN2O3/c1-18(2,3)26-17(25)23-14-7-5-11(21)9-15(14)22-16(24)12-6-4-10(19)8-13(12)20/h4-9H,1-3H3,(H,22,24)(H,23,25). The van der Waals surface area contributed by atoms with E-state index in [1.54, 1.807) is 32.9 Å². The maximum atomic E-state index is 13.6. The van der Waals surface area contributed by atoms with Crippen molar-refractivity contribution >= 4 is 50.9 Å². The van der Waals surface area contributed by atoms with E-state index in [0.29, 0.717) is 0 Å². The van der Waals surface area contributed by atoms with Crippen LogP contribution in [0.25, 0.3) is 0 Å². The molecule has 2 aromatic rings. The molecule has 0 fully saturated rings. The zero-order valence-corrected chi connectivity index (χ0v) is 16.7. The van der Waals surface area contributed by atoms with Gasteiger partial charge < -0.3 is 10.1 Å². The SMILES string of the molecule is CC(C)(C)OC(=O)Nc1ccc(F)cc1NC(=O)c1ccc(Br)cc1Cl. The van der Waals surface area contributed by atoms with Crippen molar-refractivity contribution in [3.63, 3.8) is 0 Å². The van der Waals surface area contributed by atoms with Crippen molar-refractivity contribution in [1.29, 1.82) is 0 Å².